The number of aliphatic imine (C=N–C) groups is 1. The number of hydrogen-bond acceptors (Lipinski definition) is 7. The largest absolute Gasteiger partial charge is 0.444 e. The molecular weight excluding hydrogens is 452 g/mol. The molecule has 0 bridgehead atoms. The first-order valence-electron chi connectivity index (χ1n) is 11.1. The summed E-state index contributed by atoms with van der Waals surface area (Å²) in [7, 11) is 0. The van der Waals surface area contributed by atoms with Gasteiger partial charge < -0.3 is 9.47 Å². The van der Waals surface area contributed by atoms with Crippen LogP contribution in [0.4, 0.5) is 9.59 Å². The molecule has 2 amide bonds. The second kappa shape index (κ2) is 10.5. The summed E-state index contributed by atoms with van der Waals surface area (Å²) in [6.45, 7) is 17.1. The van der Waals surface area contributed by atoms with Crippen LogP contribution in [0.1, 0.15) is 73.6 Å². The summed E-state index contributed by atoms with van der Waals surface area (Å²) in [6.07, 6.45) is -1.46. The zero-order chi connectivity index (χ0) is 25.7. The van der Waals surface area contributed by atoms with E-state index < -0.39 is 23.4 Å². The molecule has 0 spiro atoms. The summed E-state index contributed by atoms with van der Waals surface area (Å²) < 4.78 is 10.6. The van der Waals surface area contributed by atoms with Crippen molar-refractivity contribution in [1.82, 2.24) is 15.6 Å². The molecule has 2 rings (SSSR count). The lowest BCUT2D eigenvalue weighted by Crippen LogP contribution is -2.47. The predicted octanol–water partition coefficient (Wildman–Crippen LogP) is 6.01. The molecule has 0 aliphatic carbocycles. The normalized spacial score (nSPS) is 12.0. The number of carbonyl (C=O) groups excluding carboxylic acids is 2. The van der Waals surface area contributed by atoms with Gasteiger partial charge in [0, 0.05) is 16.4 Å². The molecule has 8 nitrogen and oxygen atoms in total. The van der Waals surface area contributed by atoms with Crippen LogP contribution in [0.5, 0.6) is 0 Å². The monoisotopic (exact) mass is 488 g/mol. The van der Waals surface area contributed by atoms with Crippen molar-refractivity contribution < 1.29 is 19.1 Å². The average molecular weight is 489 g/mol. The molecule has 2 aromatic rings. The summed E-state index contributed by atoms with van der Waals surface area (Å²) in [4.78, 5) is 33.7. The number of alkyl carbamates (subject to hydrolysis) is 2. The Hall–Kier alpha value is -2.94. The number of nitrogens with one attached hydrogen (secondary N) is 2. The van der Waals surface area contributed by atoms with Crippen LogP contribution in [0.25, 0.3) is 10.6 Å². The van der Waals surface area contributed by atoms with E-state index >= 15 is 0 Å². The zero-order valence-electron chi connectivity index (χ0n) is 21.5. The van der Waals surface area contributed by atoms with Crippen molar-refractivity contribution in [2.24, 2.45) is 4.99 Å². The molecule has 0 saturated heterocycles. The Labute approximate surface area is 206 Å². The molecule has 1 aromatic heterocycles. The summed E-state index contributed by atoms with van der Waals surface area (Å²) in [5.74, 6) is -0.0572. The second-order valence-corrected chi connectivity index (χ2v) is 11.8. The van der Waals surface area contributed by atoms with Crippen molar-refractivity contribution in [3.8, 4) is 10.6 Å². The fourth-order valence-electron chi connectivity index (χ4n) is 2.63. The van der Waals surface area contributed by atoms with E-state index in [-0.39, 0.29) is 17.9 Å². The lowest BCUT2D eigenvalue weighted by atomic mass is 9.93. The minimum Gasteiger partial charge on any atom is -0.444 e. The molecule has 1 heterocycles. The van der Waals surface area contributed by atoms with Crippen LogP contribution >= 0.6 is 11.3 Å². The zero-order valence-corrected chi connectivity index (χ0v) is 22.3. The Morgan fingerprint density at radius 1 is 0.941 bits per heavy atom. The number of ether oxygens (including phenoxy) is 2. The second-order valence-electron chi connectivity index (χ2n) is 10.9. The summed E-state index contributed by atoms with van der Waals surface area (Å²) in [5, 5.41) is 7.99. The Bertz CT molecular complexity index is 1010. The number of rotatable bonds is 3. The number of aromatic nitrogens is 1. The molecule has 0 unspecified atom stereocenters. The van der Waals surface area contributed by atoms with Crippen LogP contribution < -0.4 is 10.6 Å². The Kier molecular flexibility index (Phi) is 8.47. The highest BCUT2D eigenvalue weighted by Crippen LogP contribution is 2.30. The first kappa shape index (κ1) is 27.3. The van der Waals surface area contributed by atoms with Crippen LogP contribution in [-0.4, -0.2) is 34.3 Å². The van der Waals surface area contributed by atoms with Crippen LogP contribution in [-0.2, 0) is 21.4 Å². The number of nitrogens with zero attached hydrogens (tertiary/aromatic N) is 2. The maximum atomic E-state index is 12.3. The van der Waals surface area contributed by atoms with E-state index in [1.165, 1.54) is 0 Å². The molecule has 1 aromatic carbocycles. The van der Waals surface area contributed by atoms with Gasteiger partial charge in [-0.1, -0.05) is 39.0 Å². The van der Waals surface area contributed by atoms with Gasteiger partial charge >= 0.3 is 12.2 Å². The molecule has 0 atom stereocenters. The van der Waals surface area contributed by atoms with Gasteiger partial charge in [0.15, 0.2) is 0 Å². The number of benzene rings is 1. The van der Waals surface area contributed by atoms with E-state index in [1.54, 1.807) is 52.9 Å². The lowest BCUT2D eigenvalue weighted by molar-refractivity contribution is 0.0545. The molecule has 0 aliphatic rings. The number of carbonyl (C=O) groups is 2. The molecule has 2 N–H and O–H groups in total. The highest BCUT2D eigenvalue weighted by molar-refractivity contribution is 7.13. The van der Waals surface area contributed by atoms with Crippen LogP contribution in [0.15, 0.2) is 34.6 Å². The van der Waals surface area contributed by atoms with Crippen molar-refractivity contribution in [3.63, 3.8) is 0 Å². The molecule has 0 fully saturated rings. The molecule has 9 heteroatoms. The van der Waals surface area contributed by atoms with E-state index in [0.29, 0.717) is 0 Å². The van der Waals surface area contributed by atoms with Crippen molar-refractivity contribution in [3.05, 3.63) is 40.9 Å². The summed E-state index contributed by atoms with van der Waals surface area (Å²) >= 11 is 1.60. The lowest BCUT2D eigenvalue weighted by Gasteiger charge is -2.22. The van der Waals surface area contributed by atoms with Crippen molar-refractivity contribution in [2.45, 2.75) is 85.5 Å². The highest BCUT2D eigenvalue weighted by Gasteiger charge is 2.21. The van der Waals surface area contributed by atoms with E-state index in [0.717, 1.165) is 21.8 Å². The average Bonchev–Trinajstić information content (AvgIpc) is 3.14. The van der Waals surface area contributed by atoms with Gasteiger partial charge in [0.1, 0.15) is 16.2 Å². The van der Waals surface area contributed by atoms with Crippen LogP contribution in [0, 0.1) is 0 Å². The summed E-state index contributed by atoms with van der Waals surface area (Å²) in [5.41, 5.74) is 1.49. The standard InChI is InChI=1S/C25H36N4O4S/c1-23(2,3)18-15-34-19(27-18)17-12-10-11-16(13-17)14-26-20(28-21(30)32-24(4,5)6)29-22(31)33-25(7,8)9/h10-13,15H,14H2,1-9H3,(H2,26,28,29,30,31). The van der Waals surface area contributed by atoms with Crippen molar-refractivity contribution >= 4 is 29.5 Å². The number of amides is 2. The number of thiazole rings is 1. The van der Waals surface area contributed by atoms with Gasteiger partial charge in [0.2, 0.25) is 5.96 Å². The third-order valence-electron chi connectivity index (χ3n) is 4.10. The third-order valence-corrected chi connectivity index (χ3v) is 5.00. The fourth-order valence-corrected chi connectivity index (χ4v) is 3.68. The SMILES string of the molecule is CC(C)(C)OC(=O)NC(=NCc1cccc(-c2nc(C(C)(C)C)cs2)c1)NC(=O)OC(C)(C)C. The smallest absolute Gasteiger partial charge is 0.414 e. The highest BCUT2D eigenvalue weighted by atomic mass is 32.1. The Morgan fingerprint density at radius 2 is 1.50 bits per heavy atom. The van der Waals surface area contributed by atoms with E-state index in [4.69, 9.17) is 14.5 Å². The topological polar surface area (TPSA) is 102 Å². The maximum absolute atomic E-state index is 12.3. The molecule has 186 valence electrons. The Balaban J connectivity index is 2.22. The Morgan fingerprint density at radius 3 is 1.97 bits per heavy atom. The van der Waals surface area contributed by atoms with Gasteiger partial charge in [-0.15, -0.1) is 11.3 Å². The third kappa shape index (κ3) is 9.51. The molecular formula is C25H36N4O4S. The molecule has 34 heavy (non-hydrogen) atoms. The molecule has 0 radical (unpaired) electrons. The van der Waals surface area contributed by atoms with E-state index in [2.05, 4.69) is 41.8 Å². The number of hydrogen-bond donors (Lipinski definition) is 2. The van der Waals surface area contributed by atoms with Crippen molar-refractivity contribution in [1.29, 1.82) is 0 Å². The summed E-state index contributed by atoms with van der Waals surface area (Å²) in [6, 6.07) is 7.84. The van der Waals surface area contributed by atoms with Gasteiger partial charge in [-0.05, 0) is 53.2 Å². The maximum Gasteiger partial charge on any atom is 0.414 e. The molecule has 0 saturated carbocycles. The van der Waals surface area contributed by atoms with Crippen molar-refractivity contribution in [2.75, 3.05) is 0 Å². The van der Waals surface area contributed by atoms with Gasteiger partial charge in [-0.2, -0.15) is 0 Å². The number of guanidine groups is 1. The first-order chi connectivity index (χ1) is 15.5. The van der Waals surface area contributed by atoms with E-state index in [1.807, 2.05) is 24.3 Å². The van der Waals surface area contributed by atoms with Gasteiger partial charge in [0.25, 0.3) is 0 Å². The van der Waals surface area contributed by atoms with Crippen LogP contribution in [0.2, 0.25) is 0 Å². The van der Waals surface area contributed by atoms with Crippen LogP contribution in [0.3, 0.4) is 0 Å². The van der Waals surface area contributed by atoms with Gasteiger partial charge in [-0.25, -0.2) is 19.6 Å². The fraction of sp³-hybridized carbons (Fsp3) is 0.520. The molecule has 0 aliphatic heterocycles. The van der Waals surface area contributed by atoms with Gasteiger partial charge in [-0.3, -0.25) is 10.6 Å². The predicted molar refractivity (Wildman–Crippen MR) is 136 cm³/mol. The minimum absolute atomic E-state index is 0.0216. The van der Waals surface area contributed by atoms with E-state index in [9.17, 15) is 9.59 Å². The minimum atomic E-state index is -0.728. The first-order valence-corrected chi connectivity index (χ1v) is 12.0. The quantitative estimate of drug-likeness (QED) is 0.407. The van der Waals surface area contributed by atoms with Gasteiger partial charge in [0.05, 0.1) is 12.2 Å².